The van der Waals surface area contributed by atoms with Crippen molar-refractivity contribution in [3.63, 3.8) is 0 Å². The molecule has 0 unspecified atom stereocenters. The lowest BCUT2D eigenvalue weighted by Crippen LogP contribution is -2.26. The highest BCUT2D eigenvalue weighted by atomic mass is 16.5. The van der Waals surface area contributed by atoms with Gasteiger partial charge in [0.15, 0.2) is 0 Å². The number of hydrogen-bond donors (Lipinski definition) is 0. The van der Waals surface area contributed by atoms with Crippen LogP contribution in [-0.4, -0.2) is 27.2 Å². The Labute approximate surface area is 113 Å². The summed E-state index contributed by atoms with van der Waals surface area (Å²) in [5.74, 6) is 1.16. The van der Waals surface area contributed by atoms with Gasteiger partial charge in [0, 0.05) is 26.0 Å². The molecule has 1 amide bonds. The van der Waals surface area contributed by atoms with Gasteiger partial charge in [-0.25, -0.2) is 0 Å². The van der Waals surface area contributed by atoms with Crippen LogP contribution in [0.15, 0.2) is 12.1 Å². The fourth-order valence-electron chi connectivity index (χ4n) is 1.76. The summed E-state index contributed by atoms with van der Waals surface area (Å²) in [6, 6.07) is 5.55. The van der Waals surface area contributed by atoms with Crippen molar-refractivity contribution in [2.45, 2.75) is 19.8 Å². The molecule has 0 aromatic heterocycles. The van der Waals surface area contributed by atoms with Crippen LogP contribution < -0.4 is 14.4 Å². The first-order valence-corrected chi connectivity index (χ1v) is 5.91. The zero-order valence-electron chi connectivity index (χ0n) is 11.7. The smallest absolute Gasteiger partial charge is 0.227 e. The topological polar surface area (TPSA) is 62.6 Å². The fraction of sp³-hybridized carbons (Fsp3) is 0.429. The number of methoxy groups -OCH3 is 2. The zero-order chi connectivity index (χ0) is 14.4. The Bertz CT molecular complexity index is 506. The monoisotopic (exact) mass is 262 g/mol. The lowest BCUT2D eigenvalue weighted by atomic mass is 10.1. The second-order valence-electron chi connectivity index (χ2n) is 4.10. The first kappa shape index (κ1) is 14.8. The molecule has 0 saturated heterocycles. The van der Waals surface area contributed by atoms with E-state index in [9.17, 15) is 4.79 Å². The zero-order valence-corrected chi connectivity index (χ0v) is 11.7. The van der Waals surface area contributed by atoms with Crippen LogP contribution in [0.2, 0.25) is 0 Å². The first-order valence-electron chi connectivity index (χ1n) is 5.91. The summed E-state index contributed by atoms with van der Waals surface area (Å²) < 4.78 is 10.5. The van der Waals surface area contributed by atoms with Gasteiger partial charge in [-0.2, -0.15) is 5.26 Å². The van der Waals surface area contributed by atoms with Gasteiger partial charge >= 0.3 is 0 Å². The number of nitrogens with zero attached hydrogens (tertiary/aromatic N) is 2. The van der Waals surface area contributed by atoms with Crippen LogP contribution in [0.3, 0.4) is 0 Å². The number of carbonyl (C=O) groups excluding carboxylic acids is 1. The lowest BCUT2D eigenvalue weighted by Gasteiger charge is -2.21. The summed E-state index contributed by atoms with van der Waals surface area (Å²) in [4.78, 5) is 13.4. The van der Waals surface area contributed by atoms with Crippen molar-refractivity contribution in [3.8, 4) is 17.6 Å². The van der Waals surface area contributed by atoms with Gasteiger partial charge in [-0.15, -0.1) is 0 Å². The van der Waals surface area contributed by atoms with Gasteiger partial charge in [0.2, 0.25) is 5.91 Å². The standard InChI is InChI=1S/C14H18N2O3/c1-10-8-13(19-4)11(9-12(10)18-3)16(2)14(17)6-5-7-15/h8-9H,5-6H2,1-4H3. The van der Waals surface area contributed by atoms with E-state index < -0.39 is 0 Å². The third kappa shape index (κ3) is 3.38. The largest absolute Gasteiger partial charge is 0.496 e. The van der Waals surface area contributed by atoms with Crippen molar-refractivity contribution in [2.75, 3.05) is 26.2 Å². The number of amides is 1. The minimum Gasteiger partial charge on any atom is -0.496 e. The number of aryl methyl sites for hydroxylation is 1. The highest BCUT2D eigenvalue weighted by Gasteiger charge is 2.17. The number of hydrogen-bond acceptors (Lipinski definition) is 4. The maximum atomic E-state index is 11.9. The Morgan fingerprint density at radius 2 is 1.95 bits per heavy atom. The minimum atomic E-state index is -0.134. The molecule has 0 bridgehead atoms. The quantitative estimate of drug-likeness (QED) is 0.816. The van der Waals surface area contributed by atoms with E-state index in [-0.39, 0.29) is 18.7 Å². The molecule has 5 heteroatoms. The summed E-state index contributed by atoms with van der Waals surface area (Å²) >= 11 is 0. The van der Waals surface area contributed by atoms with Gasteiger partial charge in [0.25, 0.3) is 0 Å². The molecule has 0 radical (unpaired) electrons. The molecular formula is C14H18N2O3. The van der Waals surface area contributed by atoms with Crippen LogP contribution in [0.5, 0.6) is 11.5 Å². The van der Waals surface area contributed by atoms with Crippen LogP contribution in [-0.2, 0) is 4.79 Å². The highest BCUT2D eigenvalue weighted by Crippen LogP contribution is 2.34. The SMILES string of the molecule is COc1cc(N(C)C(=O)CCC#N)c(OC)cc1C. The summed E-state index contributed by atoms with van der Waals surface area (Å²) in [5, 5.41) is 8.52. The molecule has 1 rings (SSSR count). The number of carbonyl (C=O) groups is 1. The number of benzene rings is 1. The van der Waals surface area contributed by atoms with E-state index in [1.54, 1.807) is 27.3 Å². The van der Waals surface area contributed by atoms with Crippen molar-refractivity contribution >= 4 is 11.6 Å². The van der Waals surface area contributed by atoms with Crippen molar-refractivity contribution < 1.29 is 14.3 Å². The van der Waals surface area contributed by atoms with Gasteiger partial charge in [0.1, 0.15) is 11.5 Å². The Kier molecular flexibility index (Phi) is 5.19. The highest BCUT2D eigenvalue weighted by molar-refractivity contribution is 5.94. The summed E-state index contributed by atoms with van der Waals surface area (Å²) in [6.07, 6.45) is 0.390. The maximum absolute atomic E-state index is 11.9. The van der Waals surface area contributed by atoms with Crippen LogP contribution in [0.25, 0.3) is 0 Å². The van der Waals surface area contributed by atoms with E-state index in [1.165, 1.54) is 4.90 Å². The van der Waals surface area contributed by atoms with Gasteiger partial charge in [-0.1, -0.05) is 0 Å². The molecule has 102 valence electrons. The fourth-order valence-corrected chi connectivity index (χ4v) is 1.76. The minimum absolute atomic E-state index is 0.134. The van der Waals surface area contributed by atoms with E-state index in [4.69, 9.17) is 14.7 Å². The van der Waals surface area contributed by atoms with Crippen LogP contribution >= 0.6 is 0 Å². The molecule has 0 aliphatic carbocycles. The van der Waals surface area contributed by atoms with Crippen LogP contribution in [0.4, 0.5) is 5.69 Å². The number of anilines is 1. The third-order valence-corrected chi connectivity index (χ3v) is 2.88. The van der Waals surface area contributed by atoms with E-state index in [0.717, 1.165) is 5.56 Å². The molecule has 0 heterocycles. The normalized spacial score (nSPS) is 9.63. The maximum Gasteiger partial charge on any atom is 0.227 e. The Morgan fingerprint density at radius 1 is 1.32 bits per heavy atom. The van der Waals surface area contributed by atoms with Crippen molar-refractivity contribution in [1.82, 2.24) is 0 Å². The Balaban J connectivity index is 3.10. The average Bonchev–Trinajstić information content (AvgIpc) is 2.43. The van der Waals surface area contributed by atoms with Crippen LogP contribution in [0, 0.1) is 18.3 Å². The first-order chi connectivity index (χ1) is 9.04. The molecular weight excluding hydrogens is 244 g/mol. The van der Waals surface area contributed by atoms with Crippen molar-refractivity contribution in [2.24, 2.45) is 0 Å². The average molecular weight is 262 g/mol. The van der Waals surface area contributed by atoms with Crippen molar-refractivity contribution in [1.29, 1.82) is 5.26 Å². The lowest BCUT2D eigenvalue weighted by molar-refractivity contribution is -0.118. The number of ether oxygens (including phenoxy) is 2. The Morgan fingerprint density at radius 3 is 2.47 bits per heavy atom. The molecule has 0 aliphatic heterocycles. The van der Waals surface area contributed by atoms with Crippen LogP contribution in [0.1, 0.15) is 18.4 Å². The molecule has 1 aromatic carbocycles. The van der Waals surface area contributed by atoms with Gasteiger partial charge < -0.3 is 14.4 Å². The predicted molar refractivity (Wildman–Crippen MR) is 72.5 cm³/mol. The molecule has 1 aromatic rings. The van der Waals surface area contributed by atoms with E-state index in [1.807, 2.05) is 19.1 Å². The summed E-state index contributed by atoms with van der Waals surface area (Å²) in [6.45, 7) is 1.91. The van der Waals surface area contributed by atoms with Gasteiger partial charge in [-0.3, -0.25) is 4.79 Å². The van der Waals surface area contributed by atoms with E-state index in [0.29, 0.717) is 17.2 Å². The van der Waals surface area contributed by atoms with Gasteiger partial charge in [0.05, 0.1) is 26.0 Å². The van der Waals surface area contributed by atoms with E-state index >= 15 is 0 Å². The molecule has 0 N–H and O–H groups in total. The van der Waals surface area contributed by atoms with Crippen molar-refractivity contribution in [3.05, 3.63) is 17.7 Å². The third-order valence-electron chi connectivity index (χ3n) is 2.88. The summed E-state index contributed by atoms with van der Waals surface area (Å²) in [5.41, 5.74) is 1.56. The second kappa shape index (κ2) is 6.64. The predicted octanol–water partition coefficient (Wildman–Crippen LogP) is 2.28. The second-order valence-corrected chi connectivity index (χ2v) is 4.10. The number of rotatable bonds is 5. The molecule has 19 heavy (non-hydrogen) atoms. The number of nitriles is 1. The molecule has 0 aliphatic rings. The molecule has 0 atom stereocenters. The molecule has 0 spiro atoms. The molecule has 5 nitrogen and oxygen atoms in total. The molecule has 0 fully saturated rings. The Hall–Kier alpha value is -2.22. The van der Waals surface area contributed by atoms with E-state index in [2.05, 4.69) is 0 Å². The van der Waals surface area contributed by atoms with Gasteiger partial charge in [-0.05, 0) is 18.6 Å². The molecule has 0 saturated carbocycles. The summed E-state index contributed by atoms with van der Waals surface area (Å²) in [7, 11) is 4.79.